The van der Waals surface area contributed by atoms with Crippen LogP contribution in [0, 0.1) is 6.92 Å². The number of likely N-dealkylation sites (N-methyl/N-ethyl adjacent to an activating group) is 1. The highest BCUT2D eigenvalue weighted by Crippen LogP contribution is 2.38. The SMILES string of the molecule is Cc1ccc(-n2c(SC(C(=O)N(C)C)c3ccccc3)nnc2N2CCOCC2)cc1. The van der Waals surface area contributed by atoms with Gasteiger partial charge >= 0.3 is 0 Å². The number of amides is 1. The zero-order valence-electron chi connectivity index (χ0n) is 18.1. The predicted octanol–water partition coefficient (Wildman–Crippen LogP) is 3.33. The van der Waals surface area contributed by atoms with E-state index in [0.717, 1.165) is 30.3 Å². The van der Waals surface area contributed by atoms with E-state index in [1.807, 2.05) is 34.9 Å². The number of benzene rings is 2. The summed E-state index contributed by atoms with van der Waals surface area (Å²) in [6.07, 6.45) is 0. The van der Waals surface area contributed by atoms with Gasteiger partial charge in [-0.25, -0.2) is 0 Å². The van der Waals surface area contributed by atoms with Crippen molar-refractivity contribution in [3.8, 4) is 5.69 Å². The van der Waals surface area contributed by atoms with Crippen molar-refractivity contribution in [3.63, 3.8) is 0 Å². The number of anilines is 1. The quantitative estimate of drug-likeness (QED) is 0.551. The highest BCUT2D eigenvalue weighted by molar-refractivity contribution is 8.00. The Morgan fingerprint density at radius 2 is 1.71 bits per heavy atom. The van der Waals surface area contributed by atoms with Crippen molar-refractivity contribution in [2.24, 2.45) is 0 Å². The standard InChI is InChI=1S/C23H27N5O2S/c1-17-9-11-19(12-10-17)28-22(27-13-15-30-16-14-27)24-25-23(28)31-20(21(29)26(2)3)18-7-5-4-6-8-18/h4-12,20H,13-16H2,1-3H3. The van der Waals surface area contributed by atoms with E-state index in [2.05, 4.69) is 46.3 Å². The minimum Gasteiger partial charge on any atom is -0.378 e. The number of hydrogen-bond acceptors (Lipinski definition) is 6. The molecule has 8 heteroatoms. The Morgan fingerprint density at radius 1 is 1.03 bits per heavy atom. The van der Waals surface area contributed by atoms with E-state index in [1.54, 1.807) is 19.0 Å². The molecule has 3 aromatic rings. The van der Waals surface area contributed by atoms with Crippen molar-refractivity contribution in [1.29, 1.82) is 0 Å². The van der Waals surface area contributed by atoms with Gasteiger partial charge in [0.05, 0.1) is 18.9 Å². The van der Waals surface area contributed by atoms with Gasteiger partial charge in [0.15, 0.2) is 5.16 Å². The molecule has 0 bridgehead atoms. The van der Waals surface area contributed by atoms with Crippen LogP contribution < -0.4 is 4.90 Å². The van der Waals surface area contributed by atoms with E-state index in [0.29, 0.717) is 18.4 Å². The second kappa shape index (κ2) is 9.53. The first-order chi connectivity index (χ1) is 15.0. The van der Waals surface area contributed by atoms with E-state index < -0.39 is 5.25 Å². The summed E-state index contributed by atoms with van der Waals surface area (Å²) >= 11 is 1.43. The lowest BCUT2D eigenvalue weighted by Crippen LogP contribution is -2.37. The van der Waals surface area contributed by atoms with Crippen LogP contribution in [0.25, 0.3) is 5.69 Å². The van der Waals surface area contributed by atoms with Gasteiger partial charge in [-0.05, 0) is 24.6 Å². The first kappa shape index (κ1) is 21.4. The number of aryl methyl sites for hydroxylation is 1. The van der Waals surface area contributed by atoms with Crippen LogP contribution >= 0.6 is 11.8 Å². The number of thioether (sulfide) groups is 1. The largest absolute Gasteiger partial charge is 0.378 e. The van der Waals surface area contributed by atoms with Gasteiger partial charge in [-0.15, -0.1) is 10.2 Å². The molecule has 0 saturated carbocycles. The molecule has 162 valence electrons. The third-order valence-corrected chi connectivity index (χ3v) is 6.38. The summed E-state index contributed by atoms with van der Waals surface area (Å²) in [5.41, 5.74) is 3.10. The zero-order valence-corrected chi connectivity index (χ0v) is 18.9. The van der Waals surface area contributed by atoms with Crippen molar-refractivity contribution in [2.75, 3.05) is 45.3 Å². The summed E-state index contributed by atoms with van der Waals surface area (Å²) in [5.74, 6) is 0.793. The monoisotopic (exact) mass is 437 g/mol. The highest BCUT2D eigenvalue weighted by Gasteiger charge is 2.29. The number of hydrogen-bond donors (Lipinski definition) is 0. The molecule has 31 heavy (non-hydrogen) atoms. The van der Waals surface area contributed by atoms with Gasteiger partial charge in [-0.3, -0.25) is 9.36 Å². The van der Waals surface area contributed by atoms with Crippen LogP contribution in [-0.4, -0.2) is 66.0 Å². The molecule has 7 nitrogen and oxygen atoms in total. The summed E-state index contributed by atoms with van der Waals surface area (Å²) in [5, 5.41) is 9.32. The van der Waals surface area contributed by atoms with Crippen molar-refractivity contribution in [3.05, 3.63) is 65.7 Å². The molecular weight excluding hydrogens is 410 g/mol. The average molecular weight is 438 g/mol. The van der Waals surface area contributed by atoms with Crippen molar-refractivity contribution < 1.29 is 9.53 Å². The summed E-state index contributed by atoms with van der Waals surface area (Å²) in [6, 6.07) is 18.1. The summed E-state index contributed by atoms with van der Waals surface area (Å²) in [4.78, 5) is 16.9. The van der Waals surface area contributed by atoms with E-state index in [9.17, 15) is 4.79 Å². The number of ether oxygens (including phenoxy) is 1. The van der Waals surface area contributed by atoms with E-state index >= 15 is 0 Å². The summed E-state index contributed by atoms with van der Waals surface area (Å²) in [6.45, 7) is 4.90. The molecule has 0 N–H and O–H groups in total. The lowest BCUT2D eigenvalue weighted by molar-refractivity contribution is -0.128. The molecule has 0 radical (unpaired) electrons. The molecule has 2 heterocycles. The molecule has 1 atom stereocenters. The molecule has 2 aromatic carbocycles. The van der Waals surface area contributed by atoms with Crippen LogP contribution in [0.1, 0.15) is 16.4 Å². The van der Waals surface area contributed by atoms with E-state index in [-0.39, 0.29) is 5.91 Å². The van der Waals surface area contributed by atoms with Gasteiger partial charge in [-0.1, -0.05) is 59.8 Å². The number of carbonyl (C=O) groups is 1. The third kappa shape index (κ3) is 4.75. The van der Waals surface area contributed by atoms with Crippen LogP contribution in [-0.2, 0) is 9.53 Å². The van der Waals surface area contributed by atoms with Crippen LogP contribution in [0.5, 0.6) is 0 Å². The molecule has 1 aliphatic heterocycles. The van der Waals surface area contributed by atoms with Crippen LogP contribution in [0.2, 0.25) is 0 Å². The fourth-order valence-electron chi connectivity index (χ4n) is 3.46. The number of nitrogens with zero attached hydrogens (tertiary/aromatic N) is 5. The fourth-order valence-corrected chi connectivity index (χ4v) is 4.65. The van der Waals surface area contributed by atoms with Crippen molar-refractivity contribution in [1.82, 2.24) is 19.7 Å². The normalized spacial score (nSPS) is 15.0. The van der Waals surface area contributed by atoms with E-state index in [4.69, 9.17) is 4.74 Å². The first-order valence-electron chi connectivity index (χ1n) is 10.3. The highest BCUT2D eigenvalue weighted by atomic mass is 32.2. The molecule has 1 unspecified atom stereocenters. The summed E-state index contributed by atoms with van der Waals surface area (Å²) < 4.78 is 7.56. The zero-order chi connectivity index (χ0) is 21.8. The molecule has 1 aromatic heterocycles. The average Bonchev–Trinajstić information content (AvgIpc) is 3.22. The topological polar surface area (TPSA) is 63.5 Å². The first-order valence-corrected chi connectivity index (χ1v) is 11.2. The maximum Gasteiger partial charge on any atom is 0.240 e. The molecule has 4 rings (SSSR count). The minimum atomic E-state index is -0.415. The second-order valence-electron chi connectivity index (χ2n) is 7.69. The molecule has 1 saturated heterocycles. The molecular formula is C23H27N5O2S. The van der Waals surface area contributed by atoms with Crippen molar-refractivity contribution >= 4 is 23.6 Å². The minimum absolute atomic E-state index is 0.0163. The Balaban J connectivity index is 1.76. The predicted molar refractivity (Wildman–Crippen MR) is 123 cm³/mol. The van der Waals surface area contributed by atoms with Crippen LogP contribution in [0.4, 0.5) is 5.95 Å². The second-order valence-corrected chi connectivity index (χ2v) is 8.77. The number of aromatic nitrogens is 3. The van der Waals surface area contributed by atoms with Crippen LogP contribution in [0.3, 0.4) is 0 Å². The molecule has 1 aliphatic rings. The molecule has 0 aliphatic carbocycles. The van der Waals surface area contributed by atoms with Gasteiger partial charge in [-0.2, -0.15) is 0 Å². The van der Waals surface area contributed by atoms with E-state index in [1.165, 1.54) is 17.3 Å². The maximum absolute atomic E-state index is 13.1. The lowest BCUT2D eigenvalue weighted by atomic mass is 10.1. The number of rotatable bonds is 6. The smallest absolute Gasteiger partial charge is 0.240 e. The van der Waals surface area contributed by atoms with Gasteiger partial charge in [0.25, 0.3) is 0 Å². The fraction of sp³-hybridized carbons (Fsp3) is 0.348. The third-order valence-electron chi connectivity index (χ3n) is 5.19. The van der Waals surface area contributed by atoms with Gasteiger partial charge in [0.1, 0.15) is 5.25 Å². The van der Waals surface area contributed by atoms with Crippen LogP contribution in [0.15, 0.2) is 59.8 Å². The summed E-state index contributed by atoms with van der Waals surface area (Å²) in [7, 11) is 3.56. The Labute approximate surface area is 187 Å². The molecule has 1 amide bonds. The maximum atomic E-state index is 13.1. The Bertz CT molecular complexity index is 1010. The lowest BCUT2D eigenvalue weighted by Gasteiger charge is -2.28. The number of carbonyl (C=O) groups excluding carboxylic acids is 1. The van der Waals surface area contributed by atoms with Gasteiger partial charge in [0.2, 0.25) is 11.9 Å². The Kier molecular flexibility index (Phi) is 6.58. The molecule has 1 fully saturated rings. The Morgan fingerprint density at radius 3 is 2.35 bits per heavy atom. The van der Waals surface area contributed by atoms with Crippen molar-refractivity contribution in [2.45, 2.75) is 17.3 Å². The number of morpholine rings is 1. The van der Waals surface area contributed by atoms with Gasteiger partial charge < -0.3 is 14.5 Å². The Hall–Kier alpha value is -2.84. The van der Waals surface area contributed by atoms with Gasteiger partial charge in [0, 0.05) is 27.2 Å². The molecule has 0 spiro atoms.